The molecule has 98 valence electrons. The van der Waals surface area contributed by atoms with Gasteiger partial charge in [0.15, 0.2) is 0 Å². The Morgan fingerprint density at radius 2 is 2.11 bits per heavy atom. The van der Waals surface area contributed by atoms with Crippen LogP contribution < -0.4 is 5.32 Å². The second-order valence-electron chi connectivity index (χ2n) is 4.40. The number of carbonyl (C=O) groups excluding carboxylic acids is 1. The number of carboxylic acid groups (broad SMARTS) is 1. The molecule has 1 aromatic rings. The van der Waals surface area contributed by atoms with E-state index < -0.39 is 5.97 Å². The fourth-order valence-electron chi connectivity index (χ4n) is 1.55. The molecule has 0 aliphatic heterocycles. The van der Waals surface area contributed by atoms with Gasteiger partial charge in [0, 0.05) is 16.5 Å². The highest BCUT2D eigenvalue weighted by Gasteiger charge is 2.12. The molecule has 2 N–H and O–H groups in total. The minimum absolute atomic E-state index is 0.0607. The monoisotopic (exact) mass is 361 g/mol. The van der Waals surface area contributed by atoms with E-state index in [0.29, 0.717) is 12.1 Å². The van der Waals surface area contributed by atoms with Crippen molar-refractivity contribution < 1.29 is 14.7 Å². The van der Waals surface area contributed by atoms with Gasteiger partial charge < -0.3 is 10.4 Å². The summed E-state index contributed by atoms with van der Waals surface area (Å²) < 4.78 is 0.890. The largest absolute Gasteiger partial charge is 0.481 e. The lowest BCUT2D eigenvalue weighted by Gasteiger charge is -2.11. The molecule has 0 fully saturated rings. The predicted molar refractivity (Wildman–Crippen MR) is 77.6 cm³/mol. The van der Waals surface area contributed by atoms with Crippen molar-refractivity contribution in [3.8, 4) is 0 Å². The third kappa shape index (κ3) is 4.64. The number of aryl methyl sites for hydroxylation is 1. The highest BCUT2D eigenvalue weighted by molar-refractivity contribution is 14.1. The molecule has 1 aromatic carbocycles. The molecule has 1 rings (SSSR count). The van der Waals surface area contributed by atoms with E-state index in [9.17, 15) is 9.59 Å². The number of aliphatic carboxylic acids is 1. The summed E-state index contributed by atoms with van der Waals surface area (Å²) in [7, 11) is 0. The van der Waals surface area contributed by atoms with Gasteiger partial charge in [-0.2, -0.15) is 0 Å². The van der Waals surface area contributed by atoms with Crippen molar-refractivity contribution in [1.82, 2.24) is 5.32 Å². The molecule has 0 aliphatic carbocycles. The van der Waals surface area contributed by atoms with Crippen LogP contribution in [0, 0.1) is 16.4 Å². The maximum atomic E-state index is 11.9. The molecule has 1 atom stereocenters. The highest BCUT2D eigenvalue weighted by Crippen LogP contribution is 2.14. The normalized spacial score (nSPS) is 11.9. The summed E-state index contributed by atoms with van der Waals surface area (Å²) in [5.41, 5.74) is 1.66. The number of benzene rings is 1. The van der Waals surface area contributed by atoms with Crippen LogP contribution in [0.1, 0.15) is 29.3 Å². The molecule has 0 saturated carbocycles. The summed E-state index contributed by atoms with van der Waals surface area (Å²) >= 11 is 2.11. The number of hydrogen-bond acceptors (Lipinski definition) is 2. The van der Waals surface area contributed by atoms with E-state index >= 15 is 0 Å². The molecule has 0 saturated heterocycles. The lowest BCUT2D eigenvalue weighted by molar-refractivity contribution is -0.137. The van der Waals surface area contributed by atoms with Crippen molar-refractivity contribution in [2.75, 3.05) is 6.54 Å². The Morgan fingerprint density at radius 1 is 1.44 bits per heavy atom. The number of amides is 1. The zero-order valence-electron chi connectivity index (χ0n) is 10.4. The summed E-state index contributed by atoms with van der Waals surface area (Å²) in [5.74, 6) is -1.07. The highest BCUT2D eigenvalue weighted by atomic mass is 127. The van der Waals surface area contributed by atoms with Crippen LogP contribution in [0.15, 0.2) is 18.2 Å². The van der Waals surface area contributed by atoms with Crippen LogP contribution >= 0.6 is 22.6 Å². The molecule has 4 nitrogen and oxygen atoms in total. The van der Waals surface area contributed by atoms with Gasteiger partial charge in [-0.25, -0.2) is 0 Å². The topological polar surface area (TPSA) is 66.4 Å². The van der Waals surface area contributed by atoms with Crippen LogP contribution in [0.2, 0.25) is 0 Å². The van der Waals surface area contributed by atoms with Gasteiger partial charge in [0.2, 0.25) is 0 Å². The van der Waals surface area contributed by atoms with Gasteiger partial charge in [0.05, 0.1) is 5.56 Å². The van der Waals surface area contributed by atoms with Crippen LogP contribution in [0.4, 0.5) is 0 Å². The molecule has 0 bridgehead atoms. The number of rotatable bonds is 5. The standard InChI is InChI=1S/C13H16INO3/c1-8-3-4-11(14)10(5-8)13(18)15-7-9(2)6-12(16)17/h3-5,9H,6-7H2,1-2H3,(H,15,18)(H,16,17). The average Bonchev–Trinajstić information content (AvgIpc) is 2.28. The molecule has 0 spiro atoms. The first-order valence-electron chi connectivity index (χ1n) is 5.66. The van der Waals surface area contributed by atoms with E-state index in [1.807, 2.05) is 25.1 Å². The Balaban J connectivity index is 2.60. The Bertz CT molecular complexity index is 460. The summed E-state index contributed by atoms with van der Waals surface area (Å²) in [6.45, 7) is 4.10. The van der Waals surface area contributed by atoms with Gasteiger partial charge in [-0.3, -0.25) is 9.59 Å². The van der Waals surface area contributed by atoms with Gasteiger partial charge in [0.1, 0.15) is 0 Å². The number of halogens is 1. The minimum Gasteiger partial charge on any atom is -0.481 e. The van der Waals surface area contributed by atoms with Crippen molar-refractivity contribution in [3.05, 3.63) is 32.9 Å². The SMILES string of the molecule is Cc1ccc(I)c(C(=O)NCC(C)CC(=O)O)c1. The predicted octanol–water partition coefficient (Wildman–Crippen LogP) is 2.44. The van der Waals surface area contributed by atoms with Gasteiger partial charge in [-0.15, -0.1) is 0 Å². The average molecular weight is 361 g/mol. The van der Waals surface area contributed by atoms with Gasteiger partial charge >= 0.3 is 5.97 Å². The number of carboxylic acids is 1. The molecular weight excluding hydrogens is 345 g/mol. The fraction of sp³-hybridized carbons (Fsp3) is 0.385. The Kier molecular flexibility index (Phi) is 5.58. The van der Waals surface area contributed by atoms with E-state index in [1.165, 1.54) is 0 Å². The summed E-state index contributed by atoms with van der Waals surface area (Å²) in [5, 5.41) is 11.4. The lowest BCUT2D eigenvalue weighted by atomic mass is 10.1. The number of hydrogen-bond donors (Lipinski definition) is 2. The fourth-order valence-corrected chi connectivity index (χ4v) is 2.13. The lowest BCUT2D eigenvalue weighted by Crippen LogP contribution is -2.29. The van der Waals surface area contributed by atoms with Crippen LogP contribution in [0.25, 0.3) is 0 Å². The van der Waals surface area contributed by atoms with Crippen molar-refractivity contribution in [2.24, 2.45) is 5.92 Å². The molecule has 0 aromatic heterocycles. The number of nitrogens with one attached hydrogen (secondary N) is 1. The molecule has 1 unspecified atom stereocenters. The van der Waals surface area contributed by atoms with Crippen LogP contribution in [-0.4, -0.2) is 23.5 Å². The quantitative estimate of drug-likeness (QED) is 0.792. The minimum atomic E-state index is -0.845. The van der Waals surface area contributed by atoms with Crippen molar-refractivity contribution in [1.29, 1.82) is 0 Å². The van der Waals surface area contributed by atoms with Crippen LogP contribution in [-0.2, 0) is 4.79 Å². The second-order valence-corrected chi connectivity index (χ2v) is 5.56. The number of carbonyl (C=O) groups is 2. The van der Waals surface area contributed by atoms with E-state index in [1.54, 1.807) is 6.92 Å². The first-order valence-corrected chi connectivity index (χ1v) is 6.74. The maximum Gasteiger partial charge on any atom is 0.303 e. The third-order valence-corrected chi connectivity index (χ3v) is 3.44. The summed E-state index contributed by atoms with van der Waals surface area (Å²) in [6.07, 6.45) is 0.0607. The zero-order chi connectivity index (χ0) is 13.7. The second kappa shape index (κ2) is 6.72. The maximum absolute atomic E-state index is 11.9. The molecular formula is C13H16INO3. The van der Waals surface area contributed by atoms with E-state index in [0.717, 1.165) is 9.13 Å². The van der Waals surface area contributed by atoms with Crippen LogP contribution in [0.3, 0.4) is 0 Å². The molecule has 0 radical (unpaired) electrons. The smallest absolute Gasteiger partial charge is 0.303 e. The molecule has 0 aliphatic rings. The van der Waals surface area contributed by atoms with Crippen molar-refractivity contribution >= 4 is 34.5 Å². The van der Waals surface area contributed by atoms with Crippen LogP contribution in [0.5, 0.6) is 0 Å². The summed E-state index contributed by atoms with van der Waals surface area (Å²) in [4.78, 5) is 22.5. The van der Waals surface area contributed by atoms with Gasteiger partial charge in [0.25, 0.3) is 5.91 Å². The zero-order valence-corrected chi connectivity index (χ0v) is 12.5. The molecule has 18 heavy (non-hydrogen) atoms. The Labute approximate surface area is 120 Å². The Morgan fingerprint density at radius 3 is 2.72 bits per heavy atom. The summed E-state index contributed by atoms with van der Waals surface area (Å²) in [6, 6.07) is 5.68. The van der Waals surface area contributed by atoms with Crippen molar-refractivity contribution in [3.63, 3.8) is 0 Å². The molecule has 5 heteroatoms. The molecule has 1 amide bonds. The van der Waals surface area contributed by atoms with E-state index in [2.05, 4.69) is 27.9 Å². The van der Waals surface area contributed by atoms with Crippen molar-refractivity contribution in [2.45, 2.75) is 20.3 Å². The third-order valence-electron chi connectivity index (χ3n) is 2.50. The van der Waals surface area contributed by atoms with Gasteiger partial charge in [-0.05, 0) is 47.6 Å². The van der Waals surface area contributed by atoms with E-state index in [-0.39, 0.29) is 18.2 Å². The first-order chi connectivity index (χ1) is 8.40. The molecule has 0 heterocycles. The van der Waals surface area contributed by atoms with E-state index in [4.69, 9.17) is 5.11 Å². The first kappa shape index (κ1) is 14.9. The Hall–Kier alpha value is -1.11. The van der Waals surface area contributed by atoms with Gasteiger partial charge in [-0.1, -0.05) is 18.6 Å².